The largest absolute Gasteiger partial charge is 0.368 e. The Morgan fingerprint density at radius 1 is 1.30 bits per heavy atom. The third kappa shape index (κ3) is 2.52. The van der Waals surface area contributed by atoms with Gasteiger partial charge in [-0.15, -0.1) is 11.3 Å². The van der Waals surface area contributed by atoms with Crippen LogP contribution in [0.4, 0.5) is 5.82 Å². The van der Waals surface area contributed by atoms with Crippen LogP contribution in [0.15, 0.2) is 6.33 Å². The number of thiophene rings is 1. The van der Waals surface area contributed by atoms with E-state index in [1.165, 1.54) is 41.8 Å². The van der Waals surface area contributed by atoms with E-state index < -0.39 is 0 Å². The molecule has 5 heteroatoms. The summed E-state index contributed by atoms with van der Waals surface area (Å²) in [5.41, 5.74) is 1.31. The van der Waals surface area contributed by atoms with Crippen LogP contribution in [0.25, 0.3) is 10.2 Å². The zero-order valence-electron chi connectivity index (χ0n) is 12.4. The number of hydrogen-bond acceptors (Lipinski definition) is 5. The summed E-state index contributed by atoms with van der Waals surface area (Å²) in [5, 5.41) is 4.73. The van der Waals surface area contributed by atoms with Crippen LogP contribution in [-0.2, 0) is 0 Å². The van der Waals surface area contributed by atoms with Gasteiger partial charge in [0.1, 0.15) is 17.0 Å². The van der Waals surface area contributed by atoms with Crippen molar-refractivity contribution in [3.63, 3.8) is 0 Å². The van der Waals surface area contributed by atoms with Crippen molar-refractivity contribution in [3.05, 3.63) is 16.8 Å². The summed E-state index contributed by atoms with van der Waals surface area (Å²) >= 11 is 1.75. The topological polar surface area (TPSA) is 41.1 Å². The van der Waals surface area contributed by atoms with E-state index in [-0.39, 0.29) is 0 Å². The molecule has 2 aromatic heterocycles. The number of aromatic nitrogens is 2. The van der Waals surface area contributed by atoms with Gasteiger partial charge in [-0.25, -0.2) is 9.97 Å². The molecular formula is C15H22N4S. The van der Waals surface area contributed by atoms with Crippen molar-refractivity contribution >= 4 is 27.4 Å². The second kappa shape index (κ2) is 5.66. The van der Waals surface area contributed by atoms with Gasteiger partial charge in [-0.1, -0.05) is 0 Å². The second-order valence-electron chi connectivity index (χ2n) is 5.66. The van der Waals surface area contributed by atoms with Gasteiger partial charge in [-0.2, -0.15) is 0 Å². The summed E-state index contributed by atoms with van der Waals surface area (Å²) in [4.78, 5) is 13.8. The first-order chi connectivity index (χ1) is 9.66. The Morgan fingerprint density at radius 2 is 2.05 bits per heavy atom. The molecule has 1 atom stereocenters. The molecule has 108 valence electrons. The Labute approximate surface area is 124 Å². The number of likely N-dealkylation sites (tertiary alicyclic amines) is 1. The molecule has 4 nitrogen and oxygen atoms in total. The Kier molecular flexibility index (Phi) is 3.89. The van der Waals surface area contributed by atoms with Crippen molar-refractivity contribution in [2.24, 2.45) is 0 Å². The smallest absolute Gasteiger partial charge is 0.138 e. The first-order valence-electron chi connectivity index (χ1n) is 7.35. The molecule has 0 radical (unpaired) electrons. The number of nitrogens with zero attached hydrogens (tertiary/aromatic N) is 3. The van der Waals surface area contributed by atoms with Gasteiger partial charge in [0, 0.05) is 17.5 Å². The van der Waals surface area contributed by atoms with E-state index in [0.29, 0.717) is 6.04 Å². The highest BCUT2D eigenvalue weighted by Crippen LogP contribution is 2.32. The molecule has 1 aliphatic heterocycles. The van der Waals surface area contributed by atoms with Gasteiger partial charge in [0.15, 0.2) is 0 Å². The Bertz CT molecular complexity index is 601. The first kappa shape index (κ1) is 13.8. The number of hydrogen-bond donors (Lipinski definition) is 1. The minimum absolute atomic E-state index is 0.558. The zero-order chi connectivity index (χ0) is 14.1. The number of nitrogens with one attached hydrogen (secondary N) is 1. The van der Waals surface area contributed by atoms with Crippen LogP contribution in [-0.4, -0.2) is 40.5 Å². The standard InChI is InChI=1S/C15H22N4S/c1-10(19-6-4-5-7-19)8-16-14-13-11(2)12(3)20-15(13)18-9-17-14/h9-10H,4-8H2,1-3H3,(H,16,17,18). The quantitative estimate of drug-likeness (QED) is 0.939. The molecule has 3 rings (SSSR count). The van der Waals surface area contributed by atoms with Gasteiger partial charge in [-0.05, 0) is 52.3 Å². The second-order valence-corrected chi connectivity index (χ2v) is 6.86. The normalized spacial score (nSPS) is 17.8. The van der Waals surface area contributed by atoms with E-state index in [0.717, 1.165) is 17.2 Å². The molecule has 0 bridgehead atoms. The average molecular weight is 290 g/mol. The van der Waals surface area contributed by atoms with Crippen molar-refractivity contribution in [2.75, 3.05) is 25.0 Å². The lowest BCUT2D eigenvalue weighted by Gasteiger charge is -2.24. The maximum atomic E-state index is 4.45. The van der Waals surface area contributed by atoms with Gasteiger partial charge in [0.25, 0.3) is 0 Å². The fourth-order valence-electron chi connectivity index (χ4n) is 2.87. The van der Waals surface area contributed by atoms with Crippen molar-refractivity contribution in [1.29, 1.82) is 0 Å². The summed E-state index contributed by atoms with van der Waals surface area (Å²) in [5.74, 6) is 0.989. The van der Waals surface area contributed by atoms with Gasteiger partial charge < -0.3 is 5.32 Å². The molecule has 0 aliphatic carbocycles. The molecule has 1 N–H and O–H groups in total. The summed E-state index contributed by atoms with van der Waals surface area (Å²) in [6.45, 7) is 10.0. The van der Waals surface area contributed by atoms with Gasteiger partial charge in [0.2, 0.25) is 0 Å². The minimum Gasteiger partial charge on any atom is -0.368 e. The maximum Gasteiger partial charge on any atom is 0.138 e. The predicted molar refractivity (Wildman–Crippen MR) is 85.6 cm³/mol. The highest BCUT2D eigenvalue weighted by molar-refractivity contribution is 7.18. The Morgan fingerprint density at radius 3 is 2.80 bits per heavy atom. The summed E-state index contributed by atoms with van der Waals surface area (Å²) in [6, 6.07) is 0.558. The highest BCUT2D eigenvalue weighted by Gasteiger charge is 2.18. The molecule has 0 amide bonds. The van der Waals surface area contributed by atoms with Crippen molar-refractivity contribution in [1.82, 2.24) is 14.9 Å². The van der Waals surface area contributed by atoms with Crippen LogP contribution in [0.1, 0.15) is 30.2 Å². The summed E-state index contributed by atoms with van der Waals surface area (Å²) < 4.78 is 0. The fraction of sp³-hybridized carbons (Fsp3) is 0.600. The number of anilines is 1. The van der Waals surface area contributed by atoms with Crippen LogP contribution in [0.3, 0.4) is 0 Å². The summed E-state index contributed by atoms with van der Waals surface area (Å²) in [6.07, 6.45) is 4.34. The van der Waals surface area contributed by atoms with E-state index in [4.69, 9.17) is 0 Å². The Balaban J connectivity index is 1.77. The lowest BCUT2D eigenvalue weighted by Crippen LogP contribution is -2.35. The van der Waals surface area contributed by atoms with E-state index >= 15 is 0 Å². The zero-order valence-corrected chi connectivity index (χ0v) is 13.3. The van der Waals surface area contributed by atoms with Crippen LogP contribution in [0, 0.1) is 13.8 Å². The number of fused-ring (bicyclic) bond motifs is 1. The molecule has 1 aliphatic rings. The summed E-state index contributed by atoms with van der Waals surface area (Å²) in [7, 11) is 0. The monoisotopic (exact) mass is 290 g/mol. The molecule has 3 heterocycles. The van der Waals surface area contributed by atoms with Gasteiger partial charge >= 0.3 is 0 Å². The third-order valence-corrected chi connectivity index (χ3v) is 5.41. The fourth-order valence-corrected chi connectivity index (χ4v) is 3.87. The number of aryl methyl sites for hydroxylation is 2. The van der Waals surface area contributed by atoms with Crippen molar-refractivity contribution in [3.8, 4) is 0 Å². The maximum absolute atomic E-state index is 4.45. The third-order valence-electron chi connectivity index (χ3n) is 4.29. The lowest BCUT2D eigenvalue weighted by molar-refractivity contribution is 0.269. The van der Waals surface area contributed by atoms with E-state index in [9.17, 15) is 0 Å². The molecule has 1 unspecified atom stereocenters. The minimum atomic E-state index is 0.558. The van der Waals surface area contributed by atoms with E-state index in [1.807, 2.05) is 0 Å². The molecule has 1 saturated heterocycles. The molecule has 1 fully saturated rings. The molecule has 0 saturated carbocycles. The van der Waals surface area contributed by atoms with E-state index in [1.54, 1.807) is 17.7 Å². The van der Waals surface area contributed by atoms with Crippen molar-refractivity contribution in [2.45, 2.75) is 39.7 Å². The Hall–Kier alpha value is -1.20. The lowest BCUT2D eigenvalue weighted by atomic mass is 10.2. The number of rotatable bonds is 4. The van der Waals surface area contributed by atoms with Gasteiger partial charge in [0.05, 0.1) is 5.39 Å². The van der Waals surface area contributed by atoms with E-state index in [2.05, 4.69) is 41.0 Å². The molecule has 0 aromatic carbocycles. The molecule has 0 spiro atoms. The van der Waals surface area contributed by atoms with Crippen LogP contribution in [0.2, 0.25) is 0 Å². The molecule has 2 aromatic rings. The molecule has 20 heavy (non-hydrogen) atoms. The predicted octanol–water partition coefficient (Wildman–Crippen LogP) is 3.20. The van der Waals surface area contributed by atoms with Crippen LogP contribution < -0.4 is 5.32 Å². The highest BCUT2D eigenvalue weighted by atomic mass is 32.1. The molecular weight excluding hydrogens is 268 g/mol. The first-order valence-corrected chi connectivity index (χ1v) is 8.17. The van der Waals surface area contributed by atoms with Gasteiger partial charge in [-0.3, -0.25) is 4.90 Å². The van der Waals surface area contributed by atoms with Crippen molar-refractivity contribution < 1.29 is 0 Å². The van der Waals surface area contributed by atoms with Crippen LogP contribution >= 0.6 is 11.3 Å². The van der Waals surface area contributed by atoms with Crippen LogP contribution in [0.5, 0.6) is 0 Å². The average Bonchev–Trinajstić information content (AvgIpc) is 3.06. The SMILES string of the molecule is Cc1sc2ncnc(NCC(C)N3CCCC3)c2c1C.